The minimum absolute atomic E-state index is 0.725. The van der Waals surface area contributed by atoms with Crippen LogP contribution in [0.15, 0.2) is 0 Å². The summed E-state index contributed by atoms with van der Waals surface area (Å²) >= 11 is 0. The first-order chi connectivity index (χ1) is 7.33. The Morgan fingerprint density at radius 3 is 2.27 bits per heavy atom. The molecular formula is C13H28N2. The third-order valence-corrected chi connectivity index (χ3v) is 3.99. The molecule has 0 radical (unpaired) electrons. The summed E-state index contributed by atoms with van der Waals surface area (Å²) in [5.41, 5.74) is 0. The van der Waals surface area contributed by atoms with Gasteiger partial charge in [-0.25, -0.2) is 0 Å². The molecule has 0 aromatic carbocycles. The topological polar surface area (TPSA) is 24.1 Å². The molecule has 0 heterocycles. The standard InChI is InChI=1S/C13H28N2/c1-4-11(10-14-2)13(15-3)12-8-6-5-7-9-12/h11-15H,4-10H2,1-3H3. The second kappa shape index (κ2) is 7.24. The van der Waals surface area contributed by atoms with Crippen molar-refractivity contribution in [2.24, 2.45) is 11.8 Å². The molecule has 15 heavy (non-hydrogen) atoms. The Bertz CT molecular complexity index is 148. The van der Waals surface area contributed by atoms with Crippen LogP contribution in [0.1, 0.15) is 45.4 Å². The van der Waals surface area contributed by atoms with E-state index in [4.69, 9.17) is 0 Å². The summed E-state index contributed by atoms with van der Waals surface area (Å²) in [7, 11) is 4.20. The van der Waals surface area contributed by atoms with Crippen molar-refractivity contribution in [1.29, 1.82) is 0 Å². The van der Waals surface area contributed by atoms with Gasteiger partial charge in [0.15, 0.2) is 0 Å². The molecule has 0 aliphatic heterocycles. The first kappa shape index (κ1) is 13.0. The van der Waals surface area contributed by atoms with Gasteiger partial charge in [-0.3, -0.25) is 0 Å². The van der Waals surface area contributed by atoms with Crippen LogP contribution in [0.5, 0.6) is 0 Å². The SMILES string of the molecule is CCC(CNC)C(NC)C1CCCCC1. The van der Waals surface area contributed by atoms with Crippen LogP contribution in [-0.4, -0.2) is 26.7 Å². The Hall–Kier alpha value is -0.0800. The predicted octanol–water partition coefficient (Wildman–Crippen LogP) is 2.40. The zero-order chi connectivity index (χ0) is 11.1. The minimum Gasteiger partial charge on any atom is -0.319 e. The van der Waals surface area contributed by atoms with Gasteiger partial charge in [0.1, 0.15) is 0 Å². The Morgan fingerprint density at radius 2 is 1.80 bits per heavy atom. The fourth-order valence-corrected chi connectivity index (χ4v) is 3.14. The van der Waals surface area contributed by atoms with Crippen molar-refractivity contribution in [2.45, 2.75) is 51.5 Å². The highest BCUT2D eigenvalue weighted by Crippen LogP contribution is 2.30. The van der Waals surface area contributed by atoms with Gasteiger partial charge in [0.2, 0.25) is 0 Å². The number of nitrogens with one attached hydrogen (secondary N) is 2. The van der Waals surface area contributed by atoms with E-state index in [0.29, 0.717) is 0 Å². The molecule has 2 nitrogen and oxygen atoms in total. The van der Waals surface area contributed by atoms with E-state index < -0.39 is 0 Å². The van der Waals surface area contributed by atoms with E-state index in [-0.39, 0.29) is 0 Å². The third kappa shape index (κ3) is 3.76. The summed E-state index contributed by atoms with van der Waals surface area (Å²) in [5.74, 6) is 1.71. The van der Waals surface area contributed by atoms with E-state index in [9.17, 15) is 0 Å². The molecule has 2 unspecified atom stereocenters. The molecule has 0 aromatic heterocycles. The molecule has 2 atom stereocenters. The van der Waals surface area contributed by atoms with Crippen LogP contribution in [0.3, 0.4) is 0 Å². The van der Waals surface area contributed by atoms with E-state index >= 15 is 0 Å². The molecule has 1 rings (SSSR count). The molecule has 1 aliphatic rings. The number of hydrogen-bond donors (Lipinski definition) is 2. The van der Waals surface area contributed by atoms with Crippen LogP contribution in [-0.2, 0) is 0 Å². The molecule has 2 heteroatoms. The highest BCUT2D eigenvalue weighted by Gasteiger charge is 2.27. The lowest BCUT2D eigenvalue weighted by Gasteiger charge is -2.35. The second-order valence-corrected chi connectivity index (χ2v) is 4.94. The quantitative estimate of drug-likeness (QED) is 0.706. The second-order valence-electron chi connectivity index (χ2n) is 4.94. The Kier molecular flexibility index (Phi) is 6.26. The van der Waals surface area contributed by atoms with Gasteiger partial charge >= 0.3 is 0 Å². The molecule has 0 aromatic rings. The molecule has 90 valence electrons. The summed E-state index contributed by atoms with van der Waals surface area (Å²) in [5, 5.41) is 6.90. The van der Waals surface area contributed by atoms with E-state index in [1.165, 1.54) is 38.5 Å². The molecule has 1 aliphatic carbocycles. The molecule has 0 spiro atoms. The van der Waals surface area contributed by atoms with E-state index in [1.54, 1.807) is 0 Å². The van der Waals surface area contributed by atoms with Crippen LogP contribution in [0.2, 0.25) is 0 Å². The fraction of sp³-hybridized carbons (Fsp3) is 1.00. The van der Waals surface area contributed by atoms with Crippen molar-refractivity contribution >= 4 is 0 Å². The van der Waals surface area contributed by atoms with Crippen LogP contribution in [0.4, 0.5) is 0 Å². The van der Waals surface area contributed by atoms with Gasteiger partial charge in [-0.2, -0.15) is 0 Å². The number of rotatable bonds is 6. The summed E-state index contributed by atoms with van der Waals surface area (Å²) in [6.07, 6.45) is 8.49. The maximum absolute atomic E-state index is 3.57. The van der Waals surface area contributed by atoms with Crippen molar-refractivity contribution < 1.29 is 0 Å². The van der Waals surface area contributed by atoms with E-state index in [0.717, 1.165) is 24.4 Å². The van der Waals surface area contributed by atoms with Crippen molar-refractivity contribution in [2.75, 3.05) is 20.6 Å². The first-order valence-electron chi connectivity index (χ1n) is 6.65. The lowest BCUT2D eigenvalue weighted by Crippen LogP contribution is -2.44. The molecule has 1 fully saturated rings. The maximum Gasteiger partial charge on any atom is 0.0133 e. The van der Waals surface area contributed by atoms with Crippen LogP contribution < -0.4 is 10.6 Å². The van der Waals surface area contributed by atoms with Crippen LogP contribution in [0.25, 0.3) is 0 Å². The third-order valence-electron chi connectivity index (χ3n) is 3.99. The Morgan fingerprint density at radius 1 is 1.13 bits per heavy atom. The molecule has 0 saturated heterocycles. The highest BCUT2D eigenvalue weighted by molar-refractivity contribution is 4.84. The van der Waals surface area contributed by atoms with Crippen LogP contribution in [0, 0.1) is 11.8 Å². The van der Waals surface area contributed by atoms with Crippen molar-refractivity contribution in [3.63, 3.8) is 0 Å². The van der Waals surface area contributed by atoms with Gasteiger partial charge in [0.25, 0.3) is 0 Å². The molecule has 0 amide bonds. The fourth-order valence-electron chi connectivity index (χ4n) is 3.14. The monoisotopic (exact) mass is 212 g/mol. The minimum atomic E-state index is 0.725. The summed E-state index contributed by atoms with van der Waals surface area (Å²) in [6.45, 7) is 3.47. The molecule has 0 bridgehead atoms. The summed E-state index contributed by atoms with van der Waals surface area (Å²) in [6, 6.07) is 0.725. The average Bonchev–Trinajstić information content (AvgIpc) is 2.30. The Balaban J connectivity index is 2.50. The summed E-state index contributed by atoms with van der Waals surface area (Å²) < 4.78 is 0. The molecule has 1 saturated carbocycles. The average molecular weight is 212 g/mol. The van der Waals surface area contributed by atoms with Crippen molar-refractivity contribution in [1.82, 2.24) is 10.6 Å². The molecular weight excluding hydrogens is 184 g/mol. The lowest BCUT2D eigenvalue weighted by atomic mass is 9.78. The largest absolute Gasteiger partial charge is 0.319 e. The first-order valence-corrected chi connectivity index (χ1v) is 6.65. The van der Waals surface area contributed by atoms with Gasteiger partial charge in [-0.1, -0.05) is 32.6 Å². The van der Waals surface area contributed by atoms with Gasteiger partial charge in [0.05, 0.1) is 0 Å². The van der Waals surface area contributed by atoms with Crippen molar-refractivity contribution in [3.05, 3.63) is 0 Å². The van der Waals surface area contributed by atoms with E-state index in [2.05, 4.69) is 31.7 Å². The van der Waals surface area contributed by atoms with Crippen molar-refractivity contribution in [3.8, 4) is 0 Å². The van der Waals surface area contributed by atoms with Gasteiger partial charge in [-0.15, -0.1) is 0 Å². The lowest BCUT2D eigenvalue weighted by molar-refractivity contribution is 0.208. The van der Waals surface area contributed by atoms with Gasteiger partial charge in [0, 0.05) is 6.04 Å². The zero-order valence-electron chi connectivity index (χ0n) is 10.7. The predicted molar refractivity (Wildman–Crippen MR) is 67.1 cm³/mol. The highest BCUT2D eigenvalue weighted by atomic mass is 14.9. The molecule has 2 N–H and O–H groups in total. The van der Waals surface area contributed by atoms with Crippen LogP contribution >= 0.6 is 0 Å². The van der Waals surface area contributed by atoms with Gasteiger partial charge in [-0.05, 0) is 45.3 Å². The smallest absolute Gasteiger partial charge is 0.0133 e. The van der Waals surface area contributed by atoms with E-state index in [1.807, 2.05) is 0 Å². The maximum atomic E-state index is 3.57. The zero-order valence-corrected chi connectivity index (χ0v) is 10.7. The Labute approximate surface area is 95.2 Å². The van der Waals surface area contributed by atoms with Gasteiger partial charge < -0.3 is 10.6 Å². The number of hydrogen-bond acceptors (Lipinski definition) is 2. The summed E-state index contributed by atoms with van der Waals surface area (Å²) in [4.78, 5) is 0. The normalized spacial score (nSPS) is 22.6.